The van der Waals surface area contributed by atoms with Crippen molar-refractivity contribution in [3.05, 3.63) is 22.4 Å². The smallest absolute Gasteiger partial charge is 0.139 e. The van der Waals surface area contributed by atoms with Crippen molar-refractivity contribution in [2.24, 2.45) is 5.92 Å². The molecule has 2 unspecified atom stereocenters. The zero-order valence-electron chi connectivity index (χ0n) is 10.5. The van der Waals surface area contributed by atoms with Crippen LogP contribution in [0.3, 0.4) is 0 Å². The summed E-state index contributed by atoms with van der Waals surface area (Å²) in [5, 5.41) is 3.44. The average Bonchev–Trinajstić information content (AvgIpc) is 2.39. The highest BCUT2D eigenvalue weighted by atomic mass is 79.9. The van der Waals surface area contributed by atoms with Crippen molar-refractivity contribution in [2.75, 3.05) is 23.3 Å². The van der Waals surface area contributed by atoms with E-state index in [1.807, 2.05) is 6.07 Å². The Morgan fingerprint density at radius 1 is 1.50 bits per heavy atom. The Bertz CT molecular complexity index is 463. The molecule has 0 saturated carbocycles. The van der Waals surface area contributed by atoms with Gasteiger partial charge in [0.05, 0.1) is 15.8 Å². The van der Waals surface area contributed by atoms with Gasteiger partial charge in [-0.3, -0.25) is 0 Å². The number of hydrogen-bond acceptors (Lipinski definition) is 2. The summed E-state index contributed by atoms with van der Waals surface area (Å²) in [6, 6.07) is 4.04. The Kier molecular flexibility index (Phi) is 3.22. The van der Waals surface area contributed by atoms with Gasteiger partial charge in [0.25, 0.3) is 0 Å². The van der Waals surface area contributed by atoms with Gasteiger partial charge < -0.3 is 10.2 Å². The van der Waals surface area contributed by atoms with Crippen LogP contribution in [-0.2, 0) is 0 Å². The first kappa shape index (κ1) is 12.3. The van der Waals surface area contributed by atoms with E-state index >= 15 is 0 Å². The molecule has 18 heavy (non-hydrogen) atoms. The van der Waals surface area contributed by atoms with E-state index in [0.29, 0.717) is 10.5 Å². The molecule has 2 nitrogen and oxygen atoms in total. The third-order valence-corrected chi connectivity index (χ3v) is 4.89. The molecule has 0 bridgehead atoms. The topological polar surface area (TPSA) is 15.3 Å². The first-order valence-electron chi connectivity index (χ1n) is 6.68. The van der Waals surface area contributed by atoms with Gasteiger partial charge in [-0.05, 0) is 40.8 Å². The lowest BCUT2D eigenvalue weighted by molar-refractivity contribution is 0.336. The number of piperidine rings is 1. The molecular weight excluding hydrogens is 295 g/mol. The number of hydrogen-bond donors (Lipinski definition) is 1. The van der Waals surface area contributed by atoms with Crippen LogP contribution in [0.25, 0.3) is 0 Å². The maximum atomic E-state index is 13.7. The second kappa shape index (κ2) is 4.72. The largest absolute Gasteiger partial charge is 0.381 e. The van der Waals surface area contributed by atoms with Gasteiger partial charge in [-0.15, -0.1) is 0 Å². The SMILES string of the molecule is CCC1CCN2c3cc(F)c(Br)cc3NCC2C1. The fourth-order valence-corrected chi connectivity index (χ4v) is 3.50. The van der Waals surface area contributed by atoms with Crippen LogP contribution in [0.5, 0.6) is 0 Å². The Morgan fingerprint density at radius 2 is 2.33 bits per heavy atom. The molecule has 2 heterocycles. The van der Waals surface area contributed by atoms with Gasteiger partial charge in [0.1, 0.15) is 5.82 Å². The van der Waals surface area contributed by atoms with Crippen molar-refractivity contribution in [3.63, 3.8) is 0 Å². The predicted molar refractivity (Wildman–Crippen MR) is 76.7 cm³/mol. The summed E-state index contributed by atoms with van der Waals surface area (Å²) >= 11 is 3.25. The molecule has 1 saturated heterocycles. The predicted octanol–water partition coefficient (Wildman–Crippen LogP) is 4.01. The van der Waals surface area contributed by atoms with Crippen LogP contribution in [0, 0.1) is 11.7 Å². The molecule has 2 aliphatic rings. The molecule has 1 N–H and O–H groups in total. The third-order valence-electron chi connectivity index (χ3n) is 4.28. The first-order valence-corrected chi connectivity index (χ1v) is 7.48. The number of benzene rings is 1. The third kappa shape index (κ3) is 2.00. The van der Waals surface area contributed by atoms with Crippen molar-refractivity contribution in [1.82, 2.24) is 0 Å². The van der Waals surface area contributed by atoms with E-state index in [1.165, 1.54) is 19.3 Å². The monoisotopic (exact) mass is 312 g/mol. The van der Waals surface area contributed by atoms with Gasteiger partial charge in [0.2, 0.25) is 0 Å². The molecule has 0 spiro atoms. The number of nitrogens with zero attached hydrogens (tertiary/aromatic N) is 1. The lowest BCUT2D eigenvalue weighted by atomic mass is 9.87. The van der Waals surface area contributed by atoms with Crippen molar-refractivity contribution < 1.29 is 4.39 Å². The molecule has 1 fully saturated rings. The van der Waals surface area contributed by atoms with E-state index in [-0.39, 0.29) is 5.82 Å². The van der Waals surface area contributed by atoms with Gasteiger partial charge in [0, 0.05) is 25.2 Å². The van der Waals surface area contributed by atoms with Crippen LogP contribution in [0.15, 0.2) is 16.6 Å². The van der Waals surface area contributed by atoms with E-state index in [4.69, 9.17) is 0 Å². The molecule has 1 aromatic rings. The summed E-state index contributed by atoms with van der Waals surface area (Å²) in [5.74, 6) is 0.656. The van der Waals surface area contributed by atoms with Crippen LogP contribution in [-0.4, -0.2) is 19.1 Å². The van der Waals surface area contributed by atoms with Gasteiger partial charge in [-0.2, -0.15) is 0 Å². The van der Waals surface area contributed by atoms with Crippen LogP contribution in [0.4, 0.5) is 15.8 Å². The van der Waals surface area contributed by atoms with Crippen LogP contribution in [0.2, 0.25) is 0 Å². The first-order chi connectivity index (χ1) is 8.69. The Labute approximate surface area is 116 Å². The number of halogens is 2. The quantitative estimate of drug-likeness (QED) is 0.843. The summed E-state index contributed by atoms with van der Waals surface area (Å²) in [6.45, 7) is 4.29. The lowest BCUT2D eigenvalue weighted by Crippen LogP contribution is -2.49. The van der Waals surface area contributed by atoms with Crippen molar-refractivity contribution in [1.29, 1.82) is 0 Å². The van der Waals surface area contributed by atoms with Gasteiger partial charge in [0.15, 0.2) is 0 Å². The number of fused-ring (bicyclic) bond motifs is 3. The van der Waals surface area contributed by atoms with Crippen LogP contribution >= 0.6 is 15.9 Å². The lowest BCUT2D eigenvalue weighted by Gasteiger charge is -2.45. The second-order valence-electron chi connectivity index (χ2n) is 5.31. The van der Waals surface area contributed by atoms with Crippen molar-refractivity contribution >= 4 is 27.3 Å². The maximum absolute atomic E-state index is 13.7. The van der Waals surface area contributed by atoms with E-state index < -0.39 is 0 Å². The molecule has 0 amide bonds. The fourth-order valence-electron chi connectivity index (χ4n) is 3.16. The summed E-state index contributed by atoms with van der Waals surface area (Å²) in [4.78, 5) is 2.38. The van der Waals surface area contributed by atoms with Gasteiger partial charge in [-0.25, -0.2) is 4.39 Å². The highest BCUT2D eigenvalue weighted by molar-refractivity contribution is 9.10. The maximum Gasteiger partial charge on any atom is 0.139 e. The molecular formula is C14H18BrFN2. The summed E-state index contributed by atoms with van der Waals surface area (Å²) in [6.07, 6.45) is 3.71. The van der Waals surface area contributed by atoms with Crippen LogP contribution < -0.4 is 10.2 Å². The minimum absolute atomic E-state index is 0.172. The van der Waals surface area contributed by atoms with E-state index in [0.717, 1.165) is 30.4 Å². The fraction of sp³-hybridized carbons (Fsp3) is 0.571. The minimum atomic E-state index is -0.172. The molecule has 0 aliphatic carbocycles. The molecule has 0 radical (unpaired) electrons. The Balaban J connectivity index is 1.92. The van der Waals surface area contributed by atoms with E-state index in [1.54, 1.807) is 6.07 Å². The summed E-state index contributed by atoms with van der Waals surface area (Å²) in [7, 11) is 0. The van der Waals surface area contributed by atoms with Gasteiger partial charge in [-0.1, -0.05) is 13.3 Å². The minimum Gasteiger partial charge on any atom is -0.381 e. The Hall–Kier alpha value is -0.770. The van der Waals surface area contributed by atoms with Gasteiger partial charge >= 0.3 is 0 Å². The molecule has 0 aromatic heterocycles. The molecule has 1 aromatic carbocycles. The molecule has 98 valence electrons. The summed E-state index contributed by atoms with van der Waals surface area (Å²) in [5.41, 5.74) is 2.08. The van der Waals surface area contributed by atoms with E-state index in [2.05, 4.69) is 33.1 Å². The summed E-state index contributed by atoms with van der Waals surface area (Å²) < 4.78 is 14.2. The number of rotatable bonds is 1. The molecule has 2 aliphatic heterocycles. The Morgan fingerprint density at radius 3 is 3.11 bits per heavy atom. The highest BCUT2D eigenvalue weighted by Gasteiger charge is 2.32. The highest BCUT2D eigenvalue weighted by Crippen LogP contribution is 2.39. The van der Waals surface area contributed by atoms with Crippen molar-refractivity contribution in [2.45, 2.75) is 32.2 Å². The second-order valence-corrected chi connectivity index (χ2v) is 6.16. The standard InChI is InChI=1S/C14H18BrFN2/c1-2-9-3-4-18-10(5-9)8-17-13-6-11(15)12(16)7-14(13)18/h6-7,9-10,17H,2-5,8H2,1H3. The zero-order valence-corrected chi connectivity index (χ0v) is 12.1. The normalized spacial score (nSPS) is 26.3. The molecule has 3 rings (SSSR count). The molecule has 4 heteroatoms. The zero-order chi connectivity index (χ0) is 12.7. The van der Waals surface area contributed by atoms with Crippen molar-refractivity contribution in [3.8, 4) is 0 Å². The van der Waals surface area contributed by atoms with E-state index in [9.17, 15) is 4.39 Å². The molecule has 2 atom stereocenters. The number of nitrogens with one attached hydrogen (secondary N) is 1. The number of anilines is 2. The average molecular weight is 313 g/mol. The van der Waals surface area contributed by atoms with Crippen LogP contribution in [0.1, 0.15) is 26.2 Å².